The van der Waals surface area contributed by atoms with Gasteiger partial charge in [-0.25, -0.2) is 0 Å². The van der Waals surface area contributed by atoms with Crippen LogP contribution in [0.3, 0.4) is 0 Å². The molecule has 0 heterocycles. The lowest BCUT2D eigenvalue weighted by Crippen LogP contribution is -2.03. The Morgan fingerprint density at radius 3 is 2.68 bits per heavy atom. The van der Waals surface area contributed by atoms with Gasteiger partial charge in [-0.1, -0.05) is 24.3 Å². The number of ether oxygens (including phenoxy) is 1. The van der Waals surface area contributed by atoms with Gasteiger partial charge in [0.1, 0.15) is 5.75 Å². The molecule has 2 N–H and O–H groups in total. The molecular weight excluding hydrogens is 236 g/mol. The van der Waals surface area contributed by atoms with E-state index in [1.165, 1.54) is 5.56 Å². The second-order valence-corrected chi connectivity index (χ2v) is 4.23. The molecule has 0 aromatic heterocycles. The number of anilines is 2. The predicted octanol–water partition coefficient (Wildman–Crippen LogP) is 3.74. The van der Waals surface area contributed by atoms with Crippen molar-refractivity contribution in [3.63, 3.8) is 0 Å². The molecule has 0 saturated heterocycles. The summed E-state index contributed by atoms with van der Waals surface area (Å²) < 4.78 is 5.60. The molecule has 0 fully saturated rings. The first-order valence-corrected chi connectivity index (χ1v) is 6.56. The molecule has 19 heavy (non-hydrogen) atoms. The third-order valence-electron chi connectivity index (χ3n) is 2.89. The van der Waals surface area contributed by atoms with E-state index in [9.17, 15) is 0 Å². The van der Waals surface area contributed by atoms with Crippen LogP contribution >= 0.6 is 0 Å². The van der Waals surface area contributed by atoms with E-state index >= 15 is 0 Å². The quantitative estimate of drug-likeness (QED) is 0.826. The number of hydrogen-bond acceptors (Lipinski definition) is 3. The first-order chi connectivity index (χ1) is 9.33. The van der Waals surface area contributed by atoms with Crippen LogP contribution in [-0.2, 0) is 6.54 Å². The normalized spacial score (nSPS) is 10.0. The zero-order valence-corrected chi connectivity index (χ0v) is 11.4. The predicted molar refractivity (Wildman–Crippen MR) is 80.9 cm³/mol. The molecule has 100 valence electrons. The van der Waals surface area contributed by atoms with Crippen LogP contribution in [0.4, 0.5) is 11.4 Å². The Balaban J connectivity index is 2.05. The van der Waals surface area contributed by atoms with E-state index in [-0.39, 0.29) is 0 Å². The standard InChI is InChI=1S/C16H20N2O/c1-3-19-16-10-5-4-9-15(16)18-12-13-7-6-8-14(11-13)17-2/h4-11,17-18H,3,12H2,1-2H3. The van der Waals surface area contributed by atoms with E-state index < -0.39 is 0 Å². The fraction of sp³-hybridized carbons (Fsp3) is 0.250. The Morgan fingerprint density at radius 1 is 1.05 bits per heavy atom. The Hall–Kier alpha value is -2.16. The van der Waals surface area contributed by atoms with Crippen molar-refractivity contribution in [3.05, 3.63) is 54.1 Å². The highest BCUT2D eigenvalue weighted by atomic mass is 16.5. The van der Waals surface area contributed by atoms with Crippen LogP contribution in [-0.4, -0.2) is 13.7 Å². The largest absolute Gasteiger partial charge is 0.492 e. The Labute approximate surface area is 114 Å². The van der Waals surface area contributed by atoms with Gasteiger partial charge in [-0.2, -0.15) is 0 Å². The molecule has 0 aliphatic carbocycles. The molecule has 2 aromatic carbocycles. The van der Waals surface area contributed by atoms with Crippen LogP contribution in [0.25, 0.3) is 0 Å². The summed E-state index contributed by atoms with van der Waals surface area (Å²) in [5, 5.41) is 6.56. The molecule has 0 atom stereocenters. The van der Waals surface area contributed by atoms with Crippen LogP contribution in [0.5, 0.6) is 5.75 Å². The molecule has 0 unspecified atom stereocenters. The van der Waals surface area contributed by atoms with Crippen molar-refractivity contribution in [2.24, 2.45) is 0 Å². The Kier molecular flexibility index (Phi) is 4.67. The second kappa shape index (κ2) is 6.69. The van der Waals surface area contributed by atoms with E-state index in [0.717, 1.165) is 23.7 Å². The lowest BCUT2D eigenvalue weighted by molar-refractivity contribution is 0.341. The first kappa shape index (κ1) is 13.3. The van der Waals surface area contributed by atoms with E-state index in [0.29, 0.717) is 6.61 Å². The summed E-state index contributed by atoms with van der Waals surface area (Å²) in [6.07, 6.45) is 0. The minimum Gasteiger partial charge on any atom is -0.492 e. The average molecular weight is 256 g/mol. The van der Waals surface area contributed by atoms with Crippen LogP contribution in [0.2, 0.25) is 0 Å². The molecule has 0 saturated carbocycles. The topological polar surface area (TPSA) is 33.3 Å². The Bertz CT molecular complexity index is 526. The van der Waals surface area contributed by atoms with Crippen molar-refractivity contribution in [1.29, 1.82) is 0 Å². The molecule has 2 aromatic rings. The van der Waals surface area contributed by atoms with E-state index in [1.807, 2.05) is 38.2 Å². The minimum absolute atomic E-state index is 0.675. The summed E-state index contributed by atoms with van der Waals surface area (Å²) in [4.78, 5) is 0. The second-order valence-electron chi connectivity index (χ2n) is 4.23. The van der Waals surface area contributed by atoms with Crippen molar-refractivity contribution in [2.75, 3.05) is 24.3 Å². The van der Waals surface area contributed by atoms with Gasteiger partial charge < -0.3 is 15.4 Å². The number of hydrogen-bond donors (Lipinski definition) is 2. The maximum Gasteiger partial charge on any atom is 0.142 e. The molecule has 3 nitrogen and oxygen atoms in total. The van der Waals surface area contributed by atoms with E-state index in [4.69, 9.17) is 4.74 Å². The molecule has 0 spiro atoms. The lowest BCUT2D eigenvalue weighted by atomic mass is 10.2. The zero-order chi connectivity index (χ0) is 13.5. The van der Waals surface area contributed by atoms with Gasteiger partial charge in [-0.05, 0) is 36.8 Å². The van der Waals surface area contributed by atoms with Crippen molar-refractivity contribution in [2.45, 2.75) is 13.5 Å². The van der Waals surface area contributed by atoms with Gasteiger partial charge in [0, 0.05) is 19.3 Å². The number of nitrogens with one attached hydrogen (secondary N) is 2. The molecule has 0 aliphatic heterocycles. The maximum absolute atomic E-state index is 5.60. The summed E-state index contributed by atoms with van der Waals surface area (Å²) in [7, 11) is 1.93. The van der Waals surface area contributed by atoms with Crippen molar-refractivity contribution in [3.8, 4) is 5.75 Å². The lowest BCUT2D eigenvalue weighted by Gasteiger charge is -2.12. The molecule has 3 heteroatoms. The number of benzene rings is 2. The monoisotopic (exact) mass is 256 g/mol. The highest BCUT2D eigenvalue weighted by Gasteiger charge is 2.02. The molecule has 0 bridgehead atoms. The number of rotatable bonds is 6. The highest BCUT2D eigenvalue weighted by Crippen LogP contribution is 2.24. The van der Waals surface area contributed by atoms with Crippen molar-refractivity contribution in [1.82, 2.24) is 0 Å². The average Bonchev–Trinajstić information content (AvgIpc) is 2.47. The van der Waals surface area contributed by atoms with Gasteiger partial charge in [0.05, 0.1) is 12.3 Å². The van der Waals surface area contributed by atoms with Gasteiger partial charge in [0.15, 0.2) is 0 Å². The van der Waals surface area contributed by atoms with Crippen LogP contribution in [0, 0.1) is 0 Å². The SMILES string of the molecule is CCOc1ccccc1NCc1cccc(NC)c1. The zero-order valence-electron chi connectivity index (χ0n) is 11.4. The Morgan fingerprint density at radius 2 is 1.89 bits per heavy atom. The van der Waals surface area contributed by atoms with Crippen LogP contribution in [0.1, 0.15) is 12.5 Å². The fourth-order valence-electron chi connectivity index (χ4n) is 1.93. The summed E-state index contributed by atoms with van der Waals surface area (Å²) in [5.74, 6) is 0.898. The summed E-state index contributed by atoms with van der Waals surface area (Å²) in [6.45, 7) is 3.45. The fourth-order valence-corrected chi connectivity index (χ4v) is 1.93. The van der Waals surface area contributed by atoms with Crippen molar-refractivity contribution < 1.29 is 4.74 Å². The van der Waals surface area contributed by atoms with Gasteiger partial charge >= 0.3 is 0 Å². The summed E-state index contributed by atoms with van der Waals surface area (Å²) in [6, 6.07) is 16.4. The first-order valence-electron chi connectivity index (χ1n) is 6.56. The summed E-state index contributed by atoms with van der Waals surface area (Å²) in [5.41, 5.74) is 3.38. The maximum atomic E-state index is 5.60. The van der Waals surface area contributed by atoms with Gasteiger partial charge in [-0.3, -0.25) is 0 Å². The minimum atomic E-state index is 0.675. The smallest absolute Gasteiger partial charge is 0.142 e. The molecule has 0 amide bonds. The molecule has 2 rings (SSSR count). The summed E-state index contributed by atoms with van der Waals surface area (Å²) >= 11 is 0. The third-order valence-corrected chi connectivity index (χ3v) is 2.89. The van der Waals surface area contributed by atoms with Crippen LogP contribution < -0.4 is 15.4 Å². The van der Waals surface area contributed by atoms with E-state index in [2.05, 4.69) is 34.9 Å². The molecule has 0 aliphatic rings. The van der Waals surface area contributed by atoms with Gasteiger partial charge in [-0.15, -0.1) is 0 Å². The molecular formula is C16H20N2O. The van der Waals surface area contributed by atoms with E-state index in [1.54, 1.807) is 0 Å². The van der Waals surface area contributed by atoms with Crippen LogP contribution in [0.15, 0.2) is 48.5 Å². The van der Waals surface area contributed by atoms with Gasteiger partial charge in [0.25, 0.3) is 0 Å². The number of para-hydroxylation sites is 2. The van der Waals surface area contributed by atoms with Crippen molar-refractivity contribution >= 4 is 11.4 Å². The highest BCUT2D eigenvalue weighted by molar-refractivity contribution is 5.56. The molecule has 0 radical (unpaired) electrons. The third kappa shape index (κ3) is 3.65. The van der Waals surface area contributed by atoms with Gasteiger partial charge in [0.2, 0.25) is 0 Å².